The van der Waals surface area contributed by atoms with Crippen LogP contribution in [0.25, 0.3) is 0 Å². The number of nitrogens with two attached hydrogens (primary N) is 3. The molecule has 8 nitrogen and oxygen atoms in total. The summed E-state index contributed by atoms with van der Waals surface area (Å²) in [5.74, 6) is -0.379. The number of hydrogen-bond acceptors (Lipinski definition) is 4. The largest absolute Gasteiger partial charge is 0.370 e. The lowest BCUT2D eigenvalue weighted by Gasteiger charge is -2.15. The number of benzene rings is 2. The standard InChI is InChI=1S/C25H35BrN6O2/c26-19-11-7-10-18(17-19)9-3-1-2-4-15-23(33)31-21-13-5-6-14-22(21)32-24(34)20(27)12-8-16-30-25(28)29/h5-7,10-11,13-14,17,20H,1-4,8-9,12,15-16,27H2,(H,31,33)(H,32,34)(H4,28,29,30)/t20-/m0/s1. The van der Waals surface area contributed by atoms with E-state index in [1.54, 1.807) is 18.2 Å². The molecule has 1 atom stereocenters. The Labute approximate surface area is 209 Å². The van der Waals surface area contributed by atoms with Crippen molar-refractivity contribution in [2.24, 2.45) is 22.2 Å². The monoisotopic (exact) mass is 530 g/mol. The van der Waals surface area contributed by atoms with Crippen LogP contribution in [0.1, 0.15) is 50.5 Å². The Balaban J connectivity index is 1.71. The van der Waals surface area contributed by atoms with Gasteiger partial charge in [-0.05, 0) is 61.9 Å². The summed E-state index contributed by atoms with van der Waals surface area (Å²) < 4.78 is 1.10. The zero-order valence-electron chi connectivity index (χ0n) is 19.4. The van der Waals surface area contributed by atoms with Crippen LogP contribution < -0.4 is 27.8 Å². The van der Waals surface area contributed by atoms with Crippen molar-refractivity contribution in [2.45, 2.75) is 57.4 Å². The lowest BCUT2D eigenvalue weighted by atomic mass is 10.1. The van der Waals surface area contributed by atoms with Gasteiger partial charge in [-0.15, -0.1) is 0 Å². The molecule has 2 rings (SSSR count). The number of carbonyl (C=O) groups excluding carboxylic acids is 2. The zero-order chi connectivity index (χ0) is 24.8. The summed E-state index contributed by atoms with van der Waals surface area (Å²) in [6.45, 7) is 0.417. The van der Waals surface area contributed by atoms with Gasteiger partial charge < -0.3 is 27.8 Å². The predicted octanol–water partition coefficient (Wildman–Crippen LogP) is 3.90. The van der Waals surface area contributed by atoms with Crippen LogP contribution in [-0.2, 0) is 16.0 Å². The van der Waals surface area contributed by atoms with Gasteiger partial charge in [0.25, 0.3) is 0 Å². The van der Waals surface area contributed by atoms with Gasteiger partial charge >= 0.3 is 0 Å². The normalized spacial score (nSPS) is 11.5. The first-order chi connectivity index (χ1) is 16.3. The van der Waals surface area contributed by atoms with Crippen molar-refractivity contribution in [1.82, 2.24) is 0 Å². The average Bonchev–Trinajstić information content (AvgIpc) is 2.80. The van der Waals surface area contributed by atoms with Crippen molar-refractivity contribution in [2.75, 3.05) is 17.2 Å². The van der Waals surface area contributed by atoms with E-state index >= 15 is 0 Å². The quantitative estimate of drug-likeness (QED) is 0.142. The molecule has 0 aliphatic heterocycles. The number of guanidine groups is 1. The lowest BCUT2D eigenvalue weighted by molar-refractivity contribution is -0.118. The molecule has 0 saturated carbocycles. The van der Waals surface area contributed by atoms with Crippen LogP contribution in [0.15, 0.2) is 58.0 Å². The lowest BCUT2D eigenvalue weighted by Crippen LogP contribution is -2.36. The second-order valence-corrected chi connectivity index (χ2v) is 9.10. The minimum absolute atomic E-state index is 0.0169. The van der Waals surface area contributed by atoms with Crippen LogP contribution in [-0.4, -0.2) is 30.4 Å². The number of halogens is 1. The maximum Gasteiger partial charge on any atom is 0.241 e. The molecule has 0 heterocycles. The molecule has 0 saturated heterocycles. The molecule has 34 heavy (non-hydrogen) atoms. The van der Waals surface area contributed by atoms with Crippen molar-refractivity contribution >= 4 is 45.1 Å². The van der Waals surface area contributed by atoms with E-state index in [4.69, 9.17) is 17.2 Å². The summed E-state index contributed by atoms with van der Waals surface area (Å²) in [7, 11) is 0. The first kappa shape index (κ1) is 27.3. The molecule has 0 aliphatic rings. The molecule has 0 spiro atoms. The van der Waals surface area contributed by atoms with Crippen LogP contribution >= 0.6 is 15.9 Å². The number of aliphatic imine (C=N–C) groups is 1. The Hall–Kier alpha value is -2.91. The van der Waals surface area contributed by atoms with Crippen molar-refractivity contribution in [3.63, 3.8) is 0 Å². The number of anilines is 2. The van der Waals surface area contributed by atoms with Crippen LogP contribution in [0.4, 0.5) is 11.4 Å². The Bertz CT molecular complexity index is 962. The molecule has 0 radical (unpaired) electrons. The van der Waals surface area contributed by atoms with Gasteiger partial charge in [0.15, 0.2) is 5.96 Å². The third-order valence-corrected chi connectivity index (χ3v) is 5.76. The molecule has 0 aliphatic carbocycles. The minimum Gasteiger partial charge on any atom is -0.370 e. The van der Waals surface area contributed by atoms with Crippen LogP contribution in [0.3, 0.4) is 0 Å². The summed E-state index contributed by atoms with van der Waals surface area (Å²) in [4.78, 5) is 28.7. The molecule has 8 N–H and O–H groups in total. The number of nitrogens with zero attached hydrogens (tertiary/aromatic N) is 1. The fourth-order valence-corrected chi connectivity index (χ4v) is 3.90. The maximum absolute atomic E-state index is 12.4. The fourth-order valence-electron chi connectivity index (χ4n) is 3.45. The van der Waals surface area contributed by atoms with Gasteiger partial charge in [-0.1, -0.05) is 53.0 Å². The molecule has 0 bridgehead atoms. The van der Waals surface area contributed by atoms with E-state index in [0.29, 0.717) is 37.2 Å². The molecular formula is C25H35BrN6O2. The summed E-state index contributed by atoms with van der Waals surface area (Å²) in [6, 6.07) is 14.7. The highest BCUT2D eigenvalue weighted by atomic mass is 79.9. The van der Waals surface area contributed by atoms with Gasteiger partial charge in [0.05, 0.1) is 17.4 Å². The number of unbranched alkanes of at least 4 members (excludes halogenated alkanes) is 3. The van der Waals surface area contributed by atoms with Crippen molar-refractivity contribution < 1.29 is 9.59 Å². The van der Waals surface area contributed by atoms with E-state index in [0.717, 1.165) is 36.6 Å². The number of nitrogens with one attached hydrogen (secondary N) is 2. The van der Waals surface area contributed by atoms with Crippen molar-refractivity contribution in [1.29, 1.82) is 0 Å². The van der Waals surface area contributed by atoms with Crippen molar-refractivity contribution in [3.05, 3.63) is 58.6 Å². The van der Waals surface area contributed by atoms with E-state index in [1.807, 2.05) is 18.2 Å². The van der Waals surface area contributed by atoms with Gasteiger partial charge in [-0.2, -0.15) is 0 Å². The first-order valence-corrected chi connectivity index (χ1v) is 12.4. The summed E-state index contributed by atoms with van der Waals surface area (Å²) in [5, 5.41) is 5.70. The summed E-state index contributed by atoms with van der Waals surface area (Å²) >= 11 is 3.50. The predicted molar refractivity (Wildman–Crippen MR) is 143 cm³/mol. The molecule has 0 unspecified atom stereocenters. The molecule has 184 valence electrons. The van der Waals surface area contributed by atoms with Gasteiger partial charge in [0.1, 0.15) is 0 Å². The van der Waals surface area contributed by atoms with Gasteiger partial charge in [-0.3, -0.25) is 14.6 Å². The highest BCUT2D eigenvalue weighted by Gasteiger charge is 2.15. The third-order valence-electron chi connectivity index (χ3n) is 5.27. The van der Waals surface area contributed by atoms with Crippen LogP contribution in [0, 0.1) is 0 Å². The van der Waals surface area contributed by atoms with E-state index in [1.165, 1.54) is 5.56 Å². The number of hydrogen-bond donors (Lipinski definition) is 5. The Morgan fingerprint density at radius 2 is 1.62 bits per heavy atom. The number of aryl methyl sites for hydroxylation is 1. The van der Waals surface area contributed by atoms with Gasteiger partial charge in [-0.25, -0.2) is 0 Å². The SMILES string of the molecule is NC(N)=NCCC[C@H](N)C(=O)Nc1ccccc1NC(=O)CCCCCCc1cccc(Br)c1. The summed E-state index contributed by atoms with van der Waals surface area (Å²) in [5.41, 5.74) is 18.9. The number of rotatable bonds is 14. The van der Waals surface area contributed by atoms with Gasteiger partial charge in [0, 0.05) is 17.4 Å². The number of carbonyl (C=O) groups is 2. The van der Waals surface area contributed by atoms with Crippen LogP contribution in [0.2, 0.25) is 0 Å². The zero-order valence-corrected chi connectivity index (χ0v) is 21.0. The van der Waals surface area contributed by atoms with E-state index < -0.39 is 6.04 Å². The van der Waals surface area contributed by atoms with E-state index in [9.17, 15) is 9.59 Å². The molecular weight excluding hydrogens is 496 g/mol. The van der Waals surface area contributed by atoms with Crippen molar-refractivity contribution in [3.8, 4) is 0 Å². The fraction of sp³-hybridized carbons (Fsp3) is 0.400. The van der Waals surface area contributed by atoms with Crippen LogP contribution in [0.5, 0.6) is 0 Å². The van der Waals surface area contributed by atoms with Gasteiger partial charge in [0.2, 0.25) is 11.8 Å². The second-order valence-electron chi connectivity index (χ2n) is 8.18. The van der Waals surface area contributed by atoms with E-state index in [2.05, 4.69) is 43.7 Å². The molecule has 0 aromatic heterocycles. The summed E-state index contributed by atoms with van der Waals surface area (Å²) in [6.07, 6.45) is 6.49. The molecule has 0 fully saturated rings. The average molecular weight is 531 g/mol. The number of para-hydroxylation sites is 2. The highest BCUT2D eigenvalue weighted by Crippen LogP contribution is 2.22. The first-order valence-electron chi connectivity index (χ1n) is 11.6. The Kier molecular flexibility index (Phi) is 12.1. The molecule has 2 aromatic carbocycles. The Morgan fingerprint density at radius 1 is 0.912 bits per heavy atom. The third kappa shape index (κ3) is 10.8. The molecule has 2 amide bonds. The second kappa shape index (κ2) is 15.1. The smallest absolute Gasteiger partial charge is 0.241 e. The topological polar surface area (TPSA) is 149 Å². The highest BCUT2D eigenvalue weighted by molar-refractivity contribution is 9.10. The Morgan fingerprint density at radius 3 is 2.32 bits per heavy atom. The van der Waals surface area contributed by atoms with E-state index in [-0.39, 0.29) is 17.8 Å². The minimum atomic E-state index is -0.699. The molecule has 9 heteroatoms. The molecule has 2 aromatic rings. The maximum atomic E-state index is 12.4. The number of amides is 2.